The van der Waals surface area contributed by atoms with E-state index >= 15 is 0 Å². The number of aliphatic hydroxyl groups is 2. The Morgan fingerprint density at radius 1 is 1.30 bits per heavy atom. The summed E-state index contributed by atoms with van der Waals surface area (Å²) in [5, 5.41) is 22.3. The van der Waals surface area contributed by atoms with Crippen molar-refractivity contribution in [1.82, 2.24) is 15.3 Å². The first-order valence-corrected chi connectivity index (χ1v) is 8.21. The maximum Gasteiger partial charge on any atom is 0.270 e. The summed E-state index contributed by atoms with van der Waals surface area (Å²) in [6.07, 6.45) is 1.70. The van der Waals surface area contributed by atoms with Crippen molar-refractivity contribution >= 4 is 11.7 Å². The van der Waals surface area contributed by atoms with Crippen LogP contribution in [0.5, 0.6) is 0 Å². The number of anilines is 1. The largest absolute Gasteiger partial charge is 0.393 e. The van der Waals surface area contributed by atoms with Crippen molar-refractivity contribution in [2.75, 3.05) is 31.1 Å². The first-order chi connectivity index (χ1) is 10.9. The highest BCUT2D eigenvalue weighted by Gasteiger charge is 2.34. The topological polar surface area (TPSA) is 98.6 Å². The molecule has 1 saturated heterocycles. The molecule has 1 fully saturated rings. The van der Waals surface area contributed by atoms with E-state index in [1.165, 1.54) is 0 Å². The fraction of sp³-hybridized carbons (Fsp3) is 0.688. The normalized spacial score (nSPS) is 20.4. The van der Waals surface area contributed by atoms with Gasteiger partial charge in [0.05, 0.1) is 12.2 Å². The molecule has 3 rings (SSSR count). The van der Waals surface area contributed by atoms with Gasteiger partial charge < -0.3 is 20.4 Å². The highest BCUT2D eigenvalue weighted by Crippen LogP contribution is 2.30. The van der Waals surface area contributed by atoms with Crippen LogP contribution in [0.15, 0.2) is 0 Å². The van der Waals surface area contributed by atoms with Gasteiger partial charge in [0.1, 0.15) is 17.3 Å². The number of nitrogens with zero attached hydrogens (tertiary/aromatic N) is 3. The molecule has 3 heterocycles. The monoisotopic (exact) mass is 320 g/mol. The standard InChI is InChI=1S/C16H24N4O3/c1-10(2)13-18-12-11(3-6-17-15(12)22)14(19-13)20-7-4-16(23,9-21)5-8-20/h10,21,23H,3-9H2,1-2H3,(H,17,22). The van der Waals surface area contributed by atoms with Gasteiger partial charge >= 0.3 is 0 Å². The Balaban J connectivity index is 1.97. The molecule has 23 heavy (non-hydrogen) atoms. The molecule has 3 N–H and O–H groups in total. The van der Waals surface area contributed by atoms with E-state index in [0.29, 0.717) is 44.0 Å². The van der Waals surface area contributed by atoms with E-state index < -0.39 is 5.60 Å². The van der Waals surface area contributed by atoms with Crippen molar-refractivity contribution in [1.29, 1.82) is 0 Å². The van der Waals surface area contributed by atoms with Crippen LogP contribution in [0.3, 0.4) is 0 Å². The lowest BCUT2D eigenvalue weighted by molar-refractivity contribution is -0.0326. The lowest BCUT2D eigenvalue weighted by Gasteiger charge is -2.38. The molecule has 126 valence electrons. The number of carbonyl (C=O) groups excluding carboxylic acids is 1. The molecule has 0 aliphatic carbocycles. The Labute approximate surface area is 135 Å². The molecule has 7 nitrogen and oxygen atoms in total. The lowest BCUT2D eigenvalue weighted by Crippen LogP contribution is -2.47. The number of nitrogens with one attached hydrogen (secondary N) is 1. The quantitative estimate of drug-likeness (QED) is 0.736. The van der Waals surface area contributed by atoms with E-state index in [4.69, 9.17) is 4.98 Å². The van der Waals surface area contributed by atoms with Crippen molar-refractivity contribution in [3.63, 3.8) is 0 Å². The molecule has 7 heteroatoms. The zero-order valence-electron chi connectivity index (χ0n) is 13.7. The molecule has 2 aliphatic rings. The average molecular weight is 320 g/mol. The number of hydrogen-bond acceptors (Lipinski definition) is 6. The molecule has 0 spiro atoms. The van der Waals surface area contributed by atoms with E-state index in [2.05, 4.69) is 15.2 Å². The van der Waals surface area contributed by atoms with Crippen LogP contribution in [0.1, 0.15) is 54.5 Å². The number of aliphatic hydroxyl groups excluding tert-OH is 1. The van der Waals surface area contributed by atoms with E-state index in [1.807, 2.05) is 13.8 Å². The van der Waals surface area contributed by atoms with E-state index in [1.54, 1.807) is 0 Å². The van der Waals surface area contributed by atoms with Gasteiger partial charge in [0, 0.05) is 31.1 Å². The number of hydrogen-bond donors (Lipinski definition) is 3. The minimum Gasteiger partial charge on any atom is -0.393 e. The number of amides is 1. The van der Waals surface area contributed by atoms with Crippen molar-refractivity contribution in [3.05, 3.63) is 17.1 Å². The number of rotatable bonds is 3. The molecule has 1 aromatic heterocycles. The second-order valence-corrected chi connectivity index (χ2v) is 6.76. The zero-order valence-corrected chi connectivity index (χ0v) is 13.7. The first-order valence-electron chi connectivity index (χ1n) is 8.21. The smallest absolute Gasteiger partial charge is 0.270 e. The van der Waals surface area contributed by atoms with E-state index in [-0.39, 0.29) is 18.4 Å². The summed E-state index contributed by atoms with van der Waals surface area (Å²) in [5.74, 6) is 1.47. The molecule has 0 aromatic carbocycles. The second kappa shape index (κ2) is 6.05. The van der Waals surface area contributed by atoms with Gasteiger partial charge in [-0.1, -0.05) is 13.8 Å². The lowest BCUT2D eigenvalue weighted by atomic mass is 9.92. The summed E-state index contributed by atoms with van der Waals surface area (Å²) in [6.45, 7) is 5.61. The molecule has 1 amide bonds. The highest BCUT2D eigenvalue weighted by atomic mass is 16.3. The number of piperidine rings is 1. The summed E-state index contributed by atoms with van der Waals surface area (Å²) < 4.78 is 0. The molecular formula is C16H24N4O3. The predicted octanol–water partition coefficient (Wildman–Crippen LogP) is 0.210. The summed E-state index contributed by atoms with van der Waals surface area (Å²) in [6, 6.07) is 0. The van der Waals surface area contributed by atoms with Gasteiger partial charge in [0.25, 0.3) is 5.91 Å². The Morgan fingerprint density at radius 2 is 2.00 bits per heavy atom. The van der Waals surface area contributed by atoms with Crippen molar-refractivity contribution in [3.8, 4) is 0 Å². The third kappa shape index (κ3) is 3.03. The second-order valence-electron chi connectivity index (χ2n) is 6.76. The molecule has 0 unspecified atom stereocenters. The van der Waals surface area contributed by atoms with Gasteiger partial charge in [-0.15, -0.1) is 0 Å². The predicted molar refractivity (Wildman–Crippen MR) is 85.6 cm³/mol. The summed E-state index contributed by atoms with van der Waals surface area (Å²) >= 11 is 0. The Morgan fingerprint density at radius 3 is 2.61 bits per heavy atom. The zero-order chi connectivity index (χ0) is 16.6. The maximum absolute atomic E-state index is 12.2. The fourth-order valence-electron chi connectivity index (χ4n) is 3.10. The van der Waals surface area contributed by atoms with Crippen LogP contribution >= 0.6 is 0 Å². The minimum atomic E-state index is -0.998. The Hall–Kier alpha value is -1.73. The third-order valence-corrected chi connectivity index (χ3v) is 4.68. The van der Waals surface area contributed by atoms with Crippen LogP contribution in [0.2, 0.25) is 0 Å². The van der Waals surface area contributed by atoms with Gasteiger partial charge in [-0.3, -0.25) is 4.79 Å². The molecule has 1 aromatic rings. The molecule has 0 bridgehead atoms. The van der Waals surface area contributed by atoms with E-state index in [9.17, 15) is 15.0 Å². The van der Waals surface area contributed by atoms with Gasteiger partial charge in [-0.25, -0.2) is 9.97 Å². The average Bonchev–Trinajstić information content (AvgIpc) is 2.55. The number of fused-ring (bicyclic) bond motifs is 1. The SMILES string of the molecule is CC(C)c1nc2c(c(N3CCC(O)(CO)CC3)n1)CCNC2=O. The Bertz CT molecular complexity index is 610. The minimum absolute atomic E-state index is 0.132. The van der Waals surface area contributed by atoms with Crippen LogP contribution in [0, 0.1) is 0 Å². The van der Waals surface area contributed by atoms with Crippen LogP contribution in [0.4, 0.5) is 5.82 Å². The first kappa shape index (κ1) is 16.1. The third-order valence-electron chi connectivity index (χ3n) is 4.68. The van der Waals surface area contributed by atoms with Crippen molar-refractivity contribution in [2.24, 2.45) is 0 Å². The summed E-state index contributed by atoms with van der Waals surface area (Å²) in [5.41, 5.74) is 0.377. The number of aromatic nitrogens is 2. The van der Waals surface area contributed by atoms with Gasteiger partial charge in [0.2, 0.25) is 0 Å². The highest BCUT2D eigenvalue weighted by molar-refractivity contribution is 5.96. The maximum atomic E-state index is 12.2. The van der Waals surface area contributed by atoms with Crippen molar-refractivity contribution in [2.45, 2.75) is 44.6 Å². The molecule has 0 radical (unpaired) electrons. The molecular weight excluding hydrogens is 296 g/mol. The van der Waals surface area contributed by atoms with Gasteiger partial charge in [-0.2, -0.15) is 0 Å². The van der Waals surface area contributed by atoms with Crippen LogP contribution in [-0.4, -0.2) is 57.9 Å². The van der Waals surface area contributed by atoms with Gasteiger partial charge in [-0.05, 0) is 19.3 Å². The van der Waals surface area contributed by atoms with E-state index in [0.717, 1.165) is 17.8 Å². The molecule has 0 saturated carbocycles. The summed E-state index contributed by atoms with van der Waals surface area (Å²) in [7, 11) is 0. The van der Waals surface area contributed by atoms with Crippen LogP contribution in [-0.2, 0) is 6.42 Å². The fourth-order valence-corrected chi connectivity index (χ4v) is 3.10. The van der Waals surface area contributed by atoms with Gasteiger partial charge in [0.15, 0.2) is 0 Å². The Kier molecular flexibility index (Phi) is 4.25. The van der Waals surface area contributed by atoms with Crippen molar-refractivity contribution < 1.29 is 15.0 Å². The number of carbonyl (C=O) groups is 1. The summed E-state index contributed by atoms with van der Waals surface area (Å²) in [4.78, 5) is 23.4. The van der Waals surface area contributed by atoms with Crippen LogP contribution < -0.4 is 10.2 Å². The molecule has 0 atom stereocenters. The van der Waals surface area contributed by atoms with Crippen LogP contribution in [0.25, 0.3) is 0 Å². The molecule has 2 aliphatic heterocycles.